The predicted octanol–water partition coefficient (Wildman–Crippen LogP) is 6.27. The first-order valence-electron chi connectivity index (χ1n) is 12.5. The molecule has 0 fully saturated rings. The van der Waals surface area contributed by atoms with E-state index in [4.69, 9.17) is 0 Å². The normalized spacial score (nSPS) is 12.7. The Balaban J connectivity index is 1.38. The minimum absolute atomic E-state index is 0.0429. The number of aromatic nitrogens is 6. The second-order valence-corrected chi connectivity index (χ2v) is 11.7. The fourth-order valence-corrected chi connectivity index (χ4v) is 5.26. The van der Waals surface area contributed by atoms with Crippen LogP contribution >= 0.6 is 11.3 Å². The van der Waals surface area contributed by atoms with E-state index in [1.807, 2.05) is 57.2 Å². The average molecular weight is 538 g/mol. The second-order valence-electron chi connectivity index (χ2n) is 10.6. The number of ketones is 1. The fraction of sp³-hybridized carbons (Fsp3) is 0.207. The molecular formula is C29H27N7O2S. The van der Waals surface area contributed by atoms with Crippen LogP contribution < -0.4 is 5.32 Å². The number of rotatable bonds is 6. The van der Waals surface area contributed by atoms with E-state index >= 15 is 0 Å². The molecule has 6 rings (SSSR count). The van der Waals surface area contributed by atoms with E-state index in [0.29, 0.717) is 10.5 Å². The number of hydrogen-bond donors (Lipinski definition) is 4. The number of anilines is 1. The Morgan fingerprint density at radius 1 is 1.00 bits per heavy atom. The lowest BCUT2D eigenvalue weighted by Gasteiger charge is -2.27. The van der Waals surface area contributed by atoms with E-state index in [1.54, 1.807) is 31.7 Å². The van der Waals surface area contributed by atoms with Gasteiger partial charge in [0.2, 0.25) is 0 Å². The Morgan fingerprint density at radius 2 is 1.82 bits per heavy atom. The number of nitrogens with zero attached hydrogens (tertiary/aromatic N) is 4. The number of hydrogen-bond acceptors (Lipinski definition) is 8. The quantitative estimate of drug-likeness (QED) is 0.145. The monoisotopic (exact) mass is 537 g/mol. The van der Waals surface area contributed by atoms with Crippen LogP contribution in [0.5, 0.6) is 0 Å². The number of carbonyl (C=O) groups is 1. The molecule has 0 spiro atoms. The summed E-state index contributed by atoms with van der Waals surface area (Å²) in [5, 5.41) is 23.0. The molecular weight excluding hydrogens is 510 g/mol. The third kappa shape index (κ3) is 4.68. The summed E-state index contributed by atoms with van der Waals surface area (Å²) in [5.74, 6) is 0.0429. The van der Waals surface area contributed by atoms with Gasteiger partial charge >= 0.3 is 0 Å². The first-order valence-corrected chi connectivity index (χ1v) is 13.3. The maximum Gasteiger partial charge on any atom is 0.169 e. The molecule has 0 aliphatic carbocycles. The number of aromatic amines is 2. The molecule has 6 heterocycles. The van der Waals surface area contributed by atoms with Gasteiger partial charge in [-0.15, -0.1) is 11.3 Å². The van der Waals surface area contributed by atoms with Crippen molar-refractivity contribution in [1.29, 1.82) is 0 Å². The highest BCUT2D eigenvalue weighted by Crippen LogP contribution is 2.36. The number of Topliss-reactive ketones (excluding diaryl/α,β-unsaturated/α-hetero) is 1. The highest BCUT2D eigenvalue weighted by atomic mass is 32.1. The van der Waals surface area contributed by atoms with Gasteiger partial charge in [0.1, 0.15) is 11.9 Å². The Bertz CT molecular complexity index is 1840. The van der Waals surface area contributed by atoms with Crippen LogP contribution in [0.3, 0.4) is 0 Å². The lowest BCUT2D eigenvalue weighted by Crippen LogP contribution is -2.33. The fourth-order valence-electron chi connectivity index (χ4n) is 4.35. The van der Waals surface area contributed by atoms with Crippen LogP contribution in [0, 0.1) is 5.41 Å². The molecule has 0 bridgehead atoms. The summed E-state index contributed by atoms with van der Waals surface area (Å²) < 4.78 is 0. The van der Waals surface area contributed by atoms with Crippen LogP contribution in [0.25, 0.3) is 55.0 Å². The number of aliphatic hydroxyl groups excluding tert-OH is 1. The molecule has 9 nitrogen and oxygen atoms in total. The van der Waals surface area contributed by atoms with Crippen LogP contribution in [-0.4, -0.2) is 47.3 Å². The van der Waals surface area contributed by atoms with Crippen molar-refractivity contribution in [1.82, 2.24) is 30.1 Å². The molecule has 196 valence electrons. The van der Waals surface area contributed by atoms with Crippen LogP contribution in [-0.2, 0) is 0 Å². The van der Waals surface area contributed by atoms with Crippen LogP contribution in [0.2, 0.25) is 0 Å². The Morgan fingerprint density at radius 3 is 2.59 bits per heavy atom. The van der Waals surface area contributed by atoms with Crippen LogP contribution in [0.1, 0.15) is 37.4 Å². The van der Waals surface area contributed by atoms with Crippen molar-refractivity contribution >= 4 is 44.7 Å². The molecule has 1 unspecified atom stereocenters. The zero-order chi connectivity index (χ0) is 27.3. The molecule has 39 heavy (non-hydrogen) atoms. The third-order valence-corrected chi connectivity index (χ3v) is 7.79. The van der Waals surface area contributed by atoms with Gasteiger partial charge in [0.05, 0.1) is 33.0 Å². The molecule has 1 atom stereocenters. The highest BCUT2D eigenvalue weighted by Gasteiger charge is 2.22. The Labute approximate surface area is 228 Å². The maximum absolute atomic E-state index is 11.8. The van der Waals surface area contributed by atoms with Crippen molar-refractivity contribution in [2.75, 3.05) is 5.32 Å². The molecule has 0 aliphatic rings. The molecule has 10 heteroatoms. The lowest BCUT2D eigenvalue weighted by molar-refractivity contribution is 0.0880. The molecule has 6 aromatic rings. The van der Waals surface area contributed by atoms with Crippen molar-refractivity contribution in [2.24, 2.45) is 5.41 Å². The van der Waals surface area contributed by atoms with E-state index in [1.165, 1.54) is 11.3 Å². The maximum atomic E-state index is 11.8. The summed E-state index contributed by atoms with van der Waals surface area (Å²) in [7, 11) is 0. The van der Waals surface area contributed by atoms with Crippen molar-refractivity contribution in [3.63, 3.8) is 0 Å². The number of pyridine rings is 3. The number of nitrogens with one attached hydrogen (secondary N) is 3. The summed E-state index contributed by atoms with van der Waals surface area (Å²) >= 11 is 1.44. The molecule has 0 radical (unpaired) electrons. The van der Waals surface area contributed by atoms with E-state index in [9.17, 15) is 9.90 Å². The predicted molar refractivity (Wildman–Crippen MR) is 155 cm³/mol. The smallest absolute Gasteiger partial charge is 0.169 e. The summed E-state index contributed by atoms with van der Waals surface area (Å²) in [5.41, 5.74) is 6.12. The summed E-state index contributed by atoms with van der Waals surface area (Å²) in [6.45, 7) is 7.47. The topological polar surface area (TPSA) is 132 Å². The van der Waals surface area contributed by atoms with Gasteiger partial charge in [0.15, 0.2) is 11.4 Å². The van der Waals surface area contributed by atoms with E-state index in [0.717, 1.165) is 55.1 Å². The largest absolute Gasteiger partial charge is 0.373 e. The summed E-state index contributed by atoms with van der Waals surface area (Å²) in [6.07, 6.45) is 6.28. The second kappa shape index (κ2) is 9.40. The third-order valence-electron chi connectivity index (χ3n) is 6.60. The number of H-pyrrole nitrogens is 2. The number of fused-ring (bicyclic) bond motifs is 2. The molecule has 0 aliphatic heterocycles. The van der Waals surface area contributed by atoms with Crippen molar-refractivity contribution in [3.05, 3.63) is 66.1 Å². The van der Waals surface area contributed by atoms with Gasteiger partial charge < -0.3 is 15.4 Å². The van der Waals surface area contributed by atoms with Gasteiger partial charge in [-0.25, -0.2) is 4.98 Å². The van der Waals surface area contributed by atoms with Gasteiger partial charge in [0, 0.05) is 51.4 Å². The minimum Gasteiger partial charge on any atom is -0.373 e. The zero-order valence-corrected chi connectivity index (χ0v) is 22.7. The molecule has 0 amide bonds. The van der Waals surface area contributed by atoms with Crippen LogP contribution in [0.15, 0.2) is 61.2 Å². The van der Waals surface area contributed by atoms with Crippen molar-refractivity contribution in [3.8, 4) is 33.1 Å². The van der Waals surface area contributed by atoms with E-state index in [-0.39, 0.29) is 11.2 Å². The van der Waals surface area contributed by atoms with Gasteiger partial charge in [-0.3, -0.25) is 19.9 Å². The van der Waals surface area contributed by atoms with Crippen molar-refractivity contribution < 1.29 is 9.90 Å². The first kappa shape index (κ1) is 24.9. The summed E-state index contributed by atoms with van der Waals surface area (Å²) in [4.78, 5) is 30.5. The Hall–Kier alpha value is -4.41. The number of carbonyl (C=O) groups excluding carboxylic acids is 1. The zero-order valence-electron chi connectivity index (χ0n) is 21.9. The minimum atomic E-state index is -0.722. The SMILES string of the molecule is CC(=O)c1ccc(-c2nccc3[nH]c(-c4n[nH]c5ncc(-c6cncc(NC(O)C(C)(C)C)c6)cc45)cc23)s1. The number of aliphatic hydroxyl groups is 1. The first-order chi connectivity index (χ1) is 18.7. The standard InChI is InChI=1S/C29H27N7O2S/c1-15(37)23-5-6-24(39-23)26-19-11-22(34-21(19)7-8-31-26)25-20-10-17(13-32-27(20)36-35-25)16-9-18(14-30-12-16)33-28(38)29(2,3)4/h5-14,28,33-34,38H,1-4H3,(H,32,35,36). The van der Waals surface area contributed by atoms with Gasteiger partial charge in [-0.05, 0) is 43.3 Å². The van der Waals surface area contributed by atoms with Gasteiger partial charge in [-0.2, -0.15) is 5.10 Å². The number of thiophene rings is 1. The molecule has 6 aromatic heterocycles. The highest BCUT2D eigenvalue weighted by molar-refractivity contribution is 7.17. The van der Waals surface area contributed by atoms with E-state index in [2.05, 4.69) is 35.5 Å². The van der Waals surface area contributed by atoms with Gasteiger partial charge in [-0.1, -0.05) is 20.8 Å². The van der Waals surface area contributed by atoms with Crippen LogP contribution in [0.4, 0.5) is 5.69 Å². The van der Waals surface area contributed by atoms with Gasteiger partial charge in [0.25, 0.3) is 0 Å². The lowest BCUT2D eigenvalue weighted by atomic mass is 9.94. The molecule has 4 N–H and O–H groups in total. The average Bonchev–Trinajstić information content (AvgIpc) is 3.65. The molecule has 0 aromatic carbocycles. The summed E-state index contributed by atoms with van der Waals surface area (Å²) in [6, 6.07) is 11.7. The molecule has 0 saturated carbocycles. The van der Waals surface area contributed by atoms with Crippen molar-refractivity contribution in [2.45, 2.75) is 33.9 Å². The van der Waals surface area contributed by atoms with E-state index < -0.39 is 6.23 Å². The molecule has 0 saturated heterocycles. The Kier molecular flexibility index (Phi) is 6.00.